The second-order valence-electron chi connectivity index (χ2n) is 5.21. The highest BCUT2D eigenvalue weighted by Crippen LogP contribution is 2.36. The first kappa shape index (κ1) is 14.4. The maximum Gasteiger partial charge on any atom is 0.176 e. The minimum Gasteiger partial charge on any atom is -0.503 e. The third kappa shape index (κ3) is 3.32. The summed E-state index contributed by atoms with van der Waals surface area (Å²) in [4.78, 5) is 2.22. The molecule has 1 aromatic rings. The van der Waals surface area contributed by atoms with E-state index < -0.39 is 0 Å². The number of halogens is 1. The van der Waals surface area contributed by atoms with Crippen molar-refractivity contribution in [2.75, 3.05) is 27.2 Å². The van der Waals surface area contributed by atoms with Crippen molar-refractivity contribution in [3.63, 3.8) is 0 Å². The molecule has 0 saturated carbocycles. The Bertz CT molecular complexity index is 453. The first-order valence-corrected chi connectivity index (χ1v) is 6.81. The third-order valence-corrected chi connectivity index (χ3v) is 3.99. The van der Waals surface area contributed by atoms with Crippen LogP contribution in [0.2, 0.25) is 5.02 Å². The summed E-state index contributed by atoms with van der Waals surface area (Å²) in [5.41, 5.74) is 0.971. The van der Waals surface area contributed by atoms with E-state index in [0.29, 0.717) is 5.75 Å². The molecule has 1 aliphatic heterocycles. The van der Waals surface area contributed by atoms with Gasteiger partial charge in [-0.2, -0.15) is 0 Å². The van der Waals surface area contributed by atoms with Crippen LogP contribution in [0.25, 0.3) is 0 Å². The summed E-state index contributed by atoms with van der Waals surface area (Å²) in [6.45, 7) is 1.79. The highest BCUT2D eigenvalue weighted by Gasteiger charge is 2.26. The maximum absolute atomic E-state index is 10.1. The molecule has 1 aromatic carbocycles. The number of hydrogen-bond donors (Lipinski definition) is 2. The van der Waals surface area contributed by atoms with E-state index in [0.717, 1.165) is 31.5 Å². The van der Waals surface area contributed by atoms with E-state index in [9.17, 15) is 10.2 Å². The Morgan fingerprint density at radius 3 is 2.89 bits per heavy atom. The van der Waals surface area contributed by atoms with Gasteiger partial charge < -0.3 is 19.8 Å². The summed E-state index contributed by atoms with van der Waals surface area (Å²) >= 11 is 5.98. The Kier molecular flexibility index (Phi) is 4.55. The van der Waals surface area contributed by atoms with Crippen molar-refractivity contribution >= 4 is 11.6 Å². The van der Waals surface area contributed by atoms with Crippen LogP contribution in [0.1, 0.15) is 12.0 Å². The van der Waals surface area contributed by atoms with E-state index in [1.54, 1.807) is 12.1 Å². The molecule has 0 aromatic heterocycles. The molecule has 0 spiro atoms. The van der Waals surface area contributed by atoms with Crippen molar-refractivity contribution in [2.45, 2.75) is 18.9 Å². The van der Waals surface area contributed by atoms with Crippen LogP contribution < -0.4 is 4.74 Å². The van der Waals surface area contributed by atoms with Crippen LogP contribution in [0.4, 0.5) is 0 Å². The summed E-state index contributed by atoms with van der Waals surface area (Å²) < 4.78 is 5.10. The molecule has 0 bridgehead atoms. The molecule has 19 heavy (non-hydrogen) atoms. The van der Waals surface area contributed by atoms with Crippen molar-refractivity contribution < 1.29 is 14.9 Å². The lowest BCUT2D eigenvalue weighted by Gasteiger charge is -2.34. The number of nitrogens with zero attached hydrogens (tertiary/aromatic N) is 1. The number of rotatable bonds is 3. The average Bonchev–Trinajstić information content (AvgIpc) is 2.38. The van der Waals surface area contributed by atoms with Gasteiger partial charge in [-0.05, 0) is 37.6 Å². The first-order valence-electron chi connectivity index (χ1n) is 6.43. The van der Waals surface area contributed by atoms with Crippen LogP contribution in [0.5, 0.6) is 11.5 Å². The van der Waals surface area contributed by atoms with Crippen molar-refractivity contribution in [1.29, 1.82) is 0 Å². The summed E-state index contributed by atoms with van der Waals surface area (Å²) in [5, 5.41) is 20.1. The number of aromatic hydroxyl groups is 1. The van der Waals surface area contributed by atoms with Gasteiger partial charge >= 0.3 is 0 Å². The summed E-state index contributed by atoms with van der Waals surface area (Å²) in [6, 6.07) is 3.52. The number of piperidine rings is 1. The highest BCUT2D eigenvalue weighted by molar-refractivity contribution is 6.32. The Hall–Kier alpha value is -0.970. The highest BCUT2D eigenvalue weighted by atomic mass is 35.5. The van der Waals surface area contributed by atoms with Crippen LogP contribution in [0.3, 0.4) is 0 Å². The van der Waals surface area contributed by atoms with E-state index >= 15 is 0 Å². The lowest BCUT2D eigenvalue weighted by Crippen LogP contribution is -2.41. The van der Waals surface area contributed by atoms with E-state index in [-0.39, 0.29) is 22.8 Å². The molecule has 106 valence electrons. The second kappa shape index (κ2) is 5.99. The monoisotopic (exact) mass is 285 g/mol. The van der Waals surface area contributed by atoms with Gasteiger partial charge in [0.1, 0.15) is 0 Å². The number of aliphatic hydroxyl groups excluding tert-OH is 1. The van der Waals surface area contributed by atoms with E-state index in [1.807, 2.05) is 0 Å². The normalized spacial score (nSPS) is 24.4. The first-order chi connectivity index (χ1) is 9.01. The standard InChI is InChI=1S/C14H20ClNO3/c1-16-4-3-12(17)10(8-16)5-9-6-11(15)14(18)13(7-9)19-2/h6-7,10,12,17-18H,3-5,8H2,1-2H3. The summed E-state index contributed by atoms with van der Waals surface area (Å²) in [7, 11) is 3.56. The topological polar surface area (TPSA) is 52.9 Å². The quantitative estimate of drug-likeness (QED) is 0.891. The number of ether oxygens (including phenoxy) is 1. The molecule has 2 N–H and O–H groups in total. The molecule has 2 atom stereocenters. The fourth-order valence-electron chi connectivity index (χ4n) is 2.61. The molecule has 1 saturated heterocycles. The molecular formula is C14H20ClNO3. The maximum atomic E-state index is 10.1. The predicted octanol–water partition coefficient (Wildman–Crippen LogP) is 1.91. The number of phenols is 1. The minimum atomic E-state index is -0.283. The molecule has 2 rings (SSSR count). The fourth-order valence-corrected chi connectivity index (χ4v) is 2.84. The largest absolute Gasteiger partial charge is 0.503 e. The van der Waals surface area contributed by atoms with Crippen molar-refractivity contribution in [1.82, 2.24) is 4.90 Å². The number of methoxy groups -OCH3 is 1. The molecule has 1 aliphatic rings. The number of hydrogen-bond acceptors (Lipinski definition) is 4. The number of benzene rings is 1. The Morgan fingerprint density at radius 2 is 2.21 bits per heavy atom. The predicted molar refractivity (Wildman–Crippen MR) is 75.0 cm³/mol. The van der Waals surface area contributed by atoms with Crippen LogP contribution in [-0.4, -0.2) is 48.5 Å². The Balaban J connectivity index is 2.16. The van der Waals surface area contributed by atoms with Gasteiger partial charge in [-0.3, -0.25) is 0 Å². The summed E-state index contributed by atoms with van der Waals surface area (Å²) in [5.74, 6) is 0.527. The van der Waals surface area contributed by atoms with Crippen LogP contribution in [0, 0.1) is 5.92 Å². The van der Waals surface area contributed by atoms with Gasteiger partial charge in [0.2, 0.25) is 0 Å². The van der Waals surface area contributed by atoms with Crippen molar-refractivity contribution in [3.8, 4) is 11.5 Å². The zero-order valence-electron chi connectivity index (χ0n) is 11.3. The Morgan fingerprint density at radius 1 is 1.47 bits per heavy atom. The van der Waals surface area contributed by atoms with E-state index in [1.165, 1.54) is 7.11 Å². The summed E-state index contributed by atoms with van der Waals surface area (Å²) in [6.07, 6.45) is 1.24. The van der Waals surface area contributed by atoms with Gasteiger partial charge in [0.25, 0.3) is 0 Å². The van der Waals surface area contributed by atoms with Gasteiger partial charge in [0, 0.05) is 19.0 Å². The average molecular weight is 286 g/mol. The van der Waals surface area contributed by atoms with Gasteiger partial charge in [0.05, 0.1) is 18.2 Å². The third-order valence-electron chi connectivity index (χ3n) is 3.70. The van der Waals surface area contributed by atoms with Gasteiger partial charge in [-0.1, -0.05) is 11.6 Å². The number of likely N-dealkylation sites (tertiary alicyclic amines) is 1. The molecular weight excluding hydrogens is 266 g/mol. The molecule has 0 radical (unpaired) electrons. The van der Waals surface area contributed by atoms with E-state index in [4.69, 9.17) is 16.3 Å². The molecule has 1 heterocycles. The molecule has 4 nitrogen and oxygen atoms in total. The second-order valence-corrected chi connectivity index (χ2v) is 5.62. The molecule has 1 fully saturated rings. The number of aliphatic hydroxyl groups is 1. The van der Waals surface area contributed by atoms with E-state index in [2.05, 4.69) is 11.9 Å². The van der Waals surface area contributed by atoms with Crippen LogP contribution >= 0.6 is 11.6 Å². The lowest BCUT2D eigenvalue weighted by molar-refractivity contribution is 0.0366. The van der Waals surface area contributed by atoms with Crippen molar-refractivity contribution in [3.05, 3.63) is 22.7 Å². The Labute approximate surface area is 118 Å². The smallest absolute Gasteiger partial charge is 0.176 e. The minimum absolute atomic E-state index is 0.0331. The zero-order chi connectivity index (χ0) is 14.0. The molecule has 0 aliphatic carbocycles. The number of phenolic OH excluding ortho intramolecular Hbond substituents is 1. The fraction of sp³-hybridized carbons (Fsp3) is 0.571. The van der Waals surface area contributed by atoms with Crippen molar-refractivity contribution in [2.24, 2.45) is 5.92 Å². The zero-order valence-corrected chi connectivity index (χ0v) is 12.0. The molecule has 5 heteroatoms. The van der Waals surface area contributed by atoms with Crippen LogP contribution in [-0.2, 0) is 6.42 Å². The lowest BCUT2D eigenvalue weighted by atomic mass is 9.89. The van der Waals surface area contributed by atoms with Gasteiger partial charge in [0.15, 0.2) is 11.5 Å². The molecule has 2 unspecified atom stereocenters. The van der Waals surface area contributed by atoms with Gasteiger partial charge in [-0.15, -0.1) is 0 Å². The van der Waals surface area contributed by atoms with Gasteiger partial charge in [-0.25, -0.2) is 0 Å². The SMILES string of the molecule is COc1cc(CC2CN(C)CCC2O)cc(Cl)c1O. The molecule has 0 amide bonds. The van der Waals surface area contributed by atoms with Crippen LogP contribution in [0.15, 0.2) is 12.1 Å².